The van der Waals surface area contributed by atoms with Crippen molar-refractivity contribution in [2.24, 2.45) is 10.8 Å². The molecule has 144 valence electrons. The molecule has 5 heteroatoms. The Labute approximate surface area is 161 Å². The van der Waals surface area contributed by atoms with E-state index in [2.05, 4.69) is 49.9 Å². The predicted molar refractivity (Wildman–Crippen MR) is 112 cm³/mol. The molecule has 0 saturated carbocycles. The Morgan fingerprint density at radius 2 is 1.77 bits per heavy atom. The molecule has 0 aliphatic rings. The molecule has 2 rings (SSSR count). The number of hydrogen-bond donors (Lipinski definition) is 2. The van der Waals surface area contributed by atoms with E-state index in [1.807, 2.05) is 49.9 Å². The molecule has 0 aliphatic carbocycles. The molecule has 0 radical (unpaired) electrons. The molecule has 0 saturated heterocycles. The minimum Gasteiger partial charge on any atom is -0.348 e. The standard InChI is InChI=1S/C21H33N3OS/c1-19(2,3)26-13-12-20(4,5)21(6,7)18(25)22-14-17-23-15-10-8-9-11-16(15)24-17/h8-11H,12-14H2,1-7H3,(H,22,25)(H,23,24). The average molecular weight is 376 g/mol. The number of hydrogen-bond acceptors (Lipinski definition) is 3. The third kappa shape index (κ3) is 5.03. The highest BCUT2D eigenvalue weighted by Crippen LogP contribution is 2.43. The van der Waals surface area contributed by atoms with E-state index in [1.165, 1.54) is 0 Å². The van der Waals surface area contributed by atoms with Crippen LogP contribution in [-0.2, 0) is 11.3 Å². The molecule has 0 atom stereocenters. The van der Waals surface area contributed by atoms with Gasteiger partial charge < -0.3 is 10.3 Å². The highest BCUT2D eigenvalue weighted by Gasteiger charge is 2.42. The second-order valence-corrected chi connectivity index (χ2v) is 11.0. The van der Waals surface area contributed by atoms with Crippen LogP contribution in [0.2, 0.25) is 0 Å². The zero-order chi connectivity index (χ0) is 19.6. The Morgan fingerprint density at radius 3 is 2.38 bits per heavy atom. The summed E-state index contributed by atoms with van der Waals surface area (Å²) in [6.45, 7) is 15.6. The molecular formula is C21H33N3OS. The first-order chi connectivity index (χ1) is 11.9. The van der Waals surface area contributed by atoms with Crippen LogP contribution in [0.5, 0.6) is 0 Å². The van der Waals surface area contributed by atoms with Crippen molar-refractivity contribution in [1.29, 1.82) is 0 Å². The molecule has 0 bridgehead atoms. The molecular weight excluding hydrogens is 342 g/mol. The number of imidazole rings is 1. The van der Waals surface area contributed by atoms with Crippen molar-refractivity contribution in [3.63, 3.8) is 0 Å². The number of amides is 1. The van der Waals surface area contributed by atoms with E-state index in [1.54, 1.807) is 0 Å². The summed E-state index contributed by atoms with van der Waals surface area (Å²) < 4.78 is 0.254. The zero-order valence-corrected chi connectivity index (χ0v) is 18.0. The summed E-state index contributed by atoms with van der Waals surface area (Å²) in [6.07, 6.45) is 1.000. The lowest BCUT2D eigenvalue weighted by Crippen LogP contribution is -2.46. The summed E-state index contributed by atoms with van der Waals surface area (Å²) in [7, 11) is 0. The van der Waals surface area contributed by atoms with E-state index in [0.29, 0.717) is 6.54 Å². The fourth-order valence-corrected chi connectivity index (χ4v) is 3.93. The molecule has 1 amide bonds. The van der Waals surface area contributed by atoms with E-state index in [0.717, 1.165) is 29.0 Å². The van der Waals surface area contributed by atoms with Crippen molar-refractivity contribution in [1.82, 2.24) is 15.3 Å². The van der Waals surface area contributed by atoms with E-state index in [9.17, 15) is 4.79 Å². The molecule has 0 aliphatic heterocycles. The minimum atomic E-state index is -0.461. The average Bonchev–Trinajstić information content (AvgIpc) is 2.93. The van der Waals surface area contributed by atoms with Gasteiger partial charge in [0.1, 0.15) is 5.82 Å². The number of carbonyl (C=O) groups excluding carboxylic acids is 1. The molecule has 1 aromatic heterocycles. The number of nitrogens with zero attached hydrogens (tertiary/aromatic N) is 1. The van der Waals surface area contributed by atoms with E-state index < -0.39 is 5.41 Å². The lowest BCUT2D eigenvalue weighted by Gasteiger charge is -2.40. The van der Waals surface area contributed by atoms with Crippen LogP contribution in [0.25, 0.3) is 11.0 Å². The maximum Gasteiger partial charge on any atom is 0.226 e. The summed E-state index contributed by atoms with van der Waals surface area (Å²) in [4.78, 5) is 20.7. The summed E-state index contributed by atoms with van der Waals surface area (Å²) in [5, 5.41) is 3.07. The van der Waals surface area contributed by atoms with Crippen LogP contribution in [0.3, 0.4) is 0 Å². The molecule has 4 nitrogen and oxygen atoms in total. The van der Waals surface area contributed by atoms with Crippen molar-refractivity contribution < 1.29 is 4.79 Å². The number of aromatic nitrogens is 2. The van der Waals surface area contributed by atoms with Crippen LogP contribution in [0.1, 0.15) is 60.7 Å². The molecule has 2 N–H and O–H groups in total. The number of benzene rings is 1. The van der Waals surface area contributed by atoms with Gasteiger partial charge in [0.15, 0.2) is 0 Å². The Balaban J connectivity index is 1.97. The first-order valence-electron chi connectivity index (χ1n) is 9.28. The van der Waals surface area contributed by atoms with Crippen LogP contribution in [-0.4, -0.2) is 26.4 Å². The number of H-pyrrole nitrogens is 1. The quantitative estimate of drug-likeness (QED) is 0.703. The predicted octanol–water partition coefficient (Wildman–Crippen LogP) is 5.15. The Morgan fingerprint density at radius 1 is 1.12 bits per heavy atom. The number of fused-ring (bicyclic) bond motifs is 1. The Hall–Kier alpha value is -1.49. The van der Waals surface area contributed by atoms with Gasteiger partial charge in [0.25, 0.3) is 0 Å². The fraction of sp³-hybridized carbons (Fsp3) is 0.619. The van der Waals surface area contributed by atoms with Crippen molar-refractivity contribution in [3.8, 4) is 0 Å². The van der Waals surface area contributed by atoms with Gasteiger partial charge in [-0.2, -0.15) is 11.8 Å². The number of carbonyl (C=O) groups is 1. The molecule has 26 heavy (non-hydrogen) atoms. The summed E-state index contributed by atoms with van der Waals surface area (Å²) in [5.74, 6) is 1.91. The van der Waals surface area contributed by atoms with Crippen molar-refractivity contribution in [2.75, 3.05) is 5.75 Å². The molecule has 0 unspecified atom stereocenters. The van der Waals surface area contributed by atoms with Gasteiger partial charge in [-0.3, -0.25) is 4.79 Å². The lowest BCUT2D eigenvalue weighted by molar-refractivity contribution is -0.135. The third-order valence-corrected chi connectivity index (χ3v) is 6.65. The highest BCUT2D eigenvalue weighted by molar-refractivity contribution is 8.00. The third-order valence-electron chi connectivity index (χ3n) is 5.38. The van der Waals surface area contributed by atoms with Crippen LogP contribution < -0.4 is 5.32 Å². The van der Waals surface area contributed by atoms with Gasteiger partial charge in [0.05, 0.1) is 17.6 Å². The Kier molecular flexibility index (Phi) is 6.11. The first kappa shape index (κ1) is 20.8. The summed E-state index contributed by atoms with van der Waals surface area (Å²) in [5.41, 5.74) is 1.37. The second-order valence-electron chi connectivity index (χ2n) is 9.10. The van der Waals surface area contributed by atoms with Gasteiger partial charge in [-0.05, 0) is 29.7 Å². The molecule has 0 fully saturated rings. The SMILES string of the molecule is CC(C)(C)SCCC(C)(C)C(C)(C)C(=O)NCc1nc2ccccc2[nH]1. The number of aromatic amines is 1. The zero-order valence-electron chi connectivity index (χ0n) is 17.2. The maximum atomic E-state index is 12.9. The normalized spacial score (nSPS) is 13.2. The smallest absolute Gasteiger partial charge is 0.226 e. The van der Waals surface area contributed by atoms with Gasteiger partial charge in [-0.15, -0.1) is 0 Å². The number of thioether (sulfide) groups is 1. The first-order valence-corrected chi connectivity index (χ1v) is 10.3. The summed E-state index contributed by atoms with van der Waals surface area (Å²) in [6, 6.07) is 7.90. The van der Waals surface area contributed by atoms with Crippen LogP contribution in [0, 0.1) is 10.8 Å². The van der Waals surface area contributed by atoms with E-state index in [-0.39, 0.29) is 16.1 Å². The molecule has 2 aromatic rings. The number of rotatable bonds is 7. The van der Waals surface area contributed by atoms with Crippen LogP contribution >= 0.6 is 11.8 Å². The van der Waals surface area contributed by atoms with E-state index >= 15 is 0 Å². The lowest BCUT2D eigenvalue weighted by atomic mass is 9.66. The Bertz CT molecular complexity index is 723. The largest absolute Gasteiger partial charge is 0.348 e. The molecule has 1 aromatic carbocycles. The highest BCUT2D eigenvalue weighted by atomic mass is 32.2. The van der Waals surface area contributed by atoms with Crippen molar-refractivity contribution in [3.05, 3.63) is 30.1 Å². The van der Waals surface area contributed by atoms with Gasteiger partial charge >= 0.3 is 0 Å². The van der Waals surface area contributed by atoms with Gasteiger partial charge in [-0.1, -0.05) is 60.6 Å². The van der Waals surface area contributed by atoms with Crippen molar-refractivity contribution in [2.45, 2.75) is 66.2 Å². The van der Waals surface area contributed by atoms with Crippen LogP contribution in [0.4, 0.5) is 0 Å². The van der Waals surface area contributed by atoms with Gasteiger partial charge in [0, 0.05) is 10.2 Å². The van der Waals surface area contributed by atoms with Gasteiger partial charge in [0.2, 0.25) is 5.91 Å². The number of nitrogens with one attached hydrogen (secondary N) is 2. The topological polar surface area (TPSA) is 57.8 Å². The van der Waals surface area contributed by atoms with E-state index in [4.69, 9.17) is 0 Å². The summed E-state index contributed by atoms with van der Waals surface area (Å²) >= 11 is 1.95. The van der Waals surface area contributed by atoms with Crippen LogP contribution in [0.15, 0.2) is 24.3 Å². The number of para-hydroxylation sites is 2. The van der Waals surface area contributed by atoms with Crippen molar-refractivity contribution >= 4 is 28.7 Å². The molecule has 1 heterocycles. The fourth-order valence-electron chi connectivity index (χ4n) is 2.71. The minimum absolute atomic E-state index is 0.0729. The molecule has 0 spiro atoms. The maximum absolute atomic E-state index is 12.9. The van der Waals surface area contributed by atoms with Gasteiger partial charge in [-0.25, -0.2) is 4.98 Å². The second kappa shape index (κ2) is 7.63. The monoisotopic (exact) mass is 375 g/mol.